The van der Waals surface area contributed by atoms with Crippen molar-refractivity contribution in [1.29, 1.82) is 0 Å². The maximum Gasteiger partial charge on any atom is 0.0109 e. The van der Waals surface area contributed by atoms with E-state index in [9.17, 15) is 0 Å². The largest absolute Gasteiger partial charge is 0.327 e. The molecule has 0 aromatic rings. The van der Waals surface area contributed by atoms with Crippen LogP contribution in [0.4, 0.5) is 0 Å². The van der Waals surface area contributed by atoms with Gasteiger partial charge in [-0.1, -0.05) is 45.1 Å². The first-order valence-corrected chi connectivity index (χ1v) is 3.93. The topological polar surface area (TPSA) is 26.0 Å². The summed E-state index contributed by atoms with van der Waals surface area (Å²) in [6.07, 6.45) is 9.07. The second-order valence-corrected chi connectivity index (χ2v) is 1.50. The molecule has 2 N–H and O–H groups in total. The van der Waals surface area contributed by atoms with Crippen LogP contribution in [-0.4, -0.2) is 6.54 Å². The van der Waals surface area contributed by atoms with E-state index in [-0.39, 0.29) is 0 Å². The van der Waals surface area contributed by atoms with Crippen molar-refractivity contribution in [3.05, 3.63) is 24.3 Å². The molecule has 0 aromatic heterocycles. The SMILES string of the molecule is CC.CC/C=C\C=C/CN. The van der Waals surface area contributed by atoms with Crippen LogP contribution in [-0.2, 0) is 0 Å². The van der Waals surface area contributed by atoms with Crippen molar-refractivity contribution in [3.8, 4) is 0 Å². The summed E-state index contributed by atoms with van der Waals surface area (Å²) >= 11 is 0. The van der Waals surface area contributed by atoms with Gasteiger partial charge in [0.25, 0.3) is 0 Å². The lowest BCUT2D eigenvalue weighted by molar-refractivity contribution is 1.22. The molecule has 1 nitrogen and oxygen atoms in total. The van der Waals surface area contributed by atoms with E-state index >= 15 is 0 Å². The predicted molar refractivity (Wildman–Crippen MR) is 49.0 cm³/mol. The first-order chi connectivity index (χ1) is 4.91. The van der Waals surface area contributed by atoms with Crippen molar-refractivity contribution < 1.29 is 0 Å². The molecule has 0 bridgehead atoms. The highest BCUT2D eigenvalue weighted by Crippen LogP contribution is 1.79. The molecule has 0 spiro atoms. The fourth-order valence-corrected chi connectivity index (χ4v) is 0.372. The van der Waals surface area contributed by atoms with E-state index in [1.165, 1.54) is 0 Å². The Balaban J connectivity index is 0. The Labute approximate surface area is 64.6 Å². The number of nitrogens with two attached hydrogens (primary N) is 1. The maximum absolute atomic E-state index is 5.19. The van der Waals surface area contributed by atoms with Gasteiger partial charge in [-0.15, -0.1) is 0 Å². The zero-order valence-electron chi connectivity index (χ0n) is 7.30. The molecule has 0 saturated heterocycles. The Morgan fingerprint density at radius 1 is 1.10 bits per heavy atom. The third-order valence-electron chi connectivity index (χ3n) is 0.755. The lowest BCUT2D eigenvalue weighted by Crippen LogP contribution is -1.91. The summed E-state index contributed by atoms with van der Waals surface area (Å²) < 4.78 is 0. The van der Waals surface area contributed by atoms with E-state index in [1.54, 1.807) is 0 Å². The summed E-state index contributed by atoms with van der Waals surface area (Å²) in [4.78, 5) is 0. The van der Waals surface area contributed by atoms with Gasteiger partial charge < -0.3 is 5.73 Å². The van der Waals surface area contributed by atoms with E-state index in [2.05, 4.69) is 13.0 Å². The van der Waals surface area contributed by atoms with Crippen molar-refractivity contribution in [2.45, 2.75) is 27.2 Å². The van der Waals surface area contributed by atoms with Gasteiger partial charge in [0.05, 0.1) is 0 Å². The molecule has 10 heavy (non-hydrogen) atoms. The minimum Gasteiger partial charge on any atom is -0.327 e. The molecule has 0 heterocycles. The van der Waals surface area contributed by atoms with Crippen LogP contribution in [0.15, 0.2) is 24.3 Å². The standard InChI is InChI=1S/C7H13N.C2H6/c1-2-3-4-5-6-7-8;1-2/h3-6H,2,7-8H2,1H3;1-2H3/b4-3-,6-5-;. The number of hydrogen-bond donors (Lipinski definition) is 1. The number of allylic oxidation sites excluding steroid dienone is 3. The fraction of sp³-hybridized carbons (Fsp3) is 0.556. The average Bonchev–Trinajstić information content (AvgIpc) is 2.02. The molecule has 0 aliphatic heterocycles. The molecule has 0 rings (SSSR count). The Morgan fingerprint density at radius 2 is 1.60 bits per heavy atom. The van der Waals surface area contributed by atoms with Crippen LogP contribution in [0.1, 0.15) is 27.2 Å². The smallest absolute Gasteiger partial charge is 0.0109 e. The minimum atomic E-state index is 0.633. The second kappa shape index (κ2) is 15.8. The van der Waals surface area contributed by atoms with Gasteiger partial charge in [-0.25, -0.2) is 0 Å². The van der Waals surface area contributed by atoms with E-state index in [4.69, 9.17) is 5.73 Å². The van der Waals surface area contributed by atoms with Crippen molar-refractivity contribution in [1.82, 2.24) is 0 Å². The summed E-state index contributed by atoms with van der Waals surface area (Å²) in [6, 6.07) is 0. The van der Waals surface area contributed by atoms with Crippen LogP contribution in [0.3, 0.4) is 0 Å². The molecule has 0 amide bonds. The Morgan fingerprint density at radius 3 is 2.00 bits per heavy atom. The van der Waals surface area contributed by atoms with E-state index in [0.29, 0.717) is 6.54 Å². The highest BCUT2D eigenvalue weighted by Gasteiger charge is 1.61. The van der Waals surface area contributed by atoms with Gasteiger partial charge in [0.1, 0.15) is 0 Å². The lowest BCUT2D eigenvalue weighted by Gasteiger charge is -1.74. The van der Waals surface area contributed by atoms with E-state index < -0.39 is 0 Å². The quantitative estimate of drug-likeness (QED) is 0.600. The molecule has 0 unspecified atom stereocenters. The molecule has 0 aliphatic carbocycles. The van der Waals surface area contributed by atoms with Crippen molar-refractivity contribution in [3.63, 3.8) is 0 Å². The third-order valence-corrected chi connectivity index (χ3v) is 0.755. The molecule has 0 aliphatic rings. The van der Waals surface area contributed by atoms with Gasteiger partial charge in [-0.3, -0.25) is 0 Å². The first kappa shape index (κ1) is 12.1. The monoisotopic (exact) mass is 141 g/mol. The Kier molecular flexibility index (Phi) is 19.2. The molecular weight excluding hydrogens is 122 g/mol. The third kappa shape index (κ3) is 15.7. The van der Waals surface area contributed by atoms with E-state index in [0.717, 1.165) is 6.42 Å². The fourth-order valence-electron chi connectivity index (χ4n) is 0.372. The number of hydrogen-bond acceptors (Lipinski definition) is 1. The molecule has 0 radical (unpaired) electrons. The Hall–Kier alpha value is -0.560. The van der Waals surface area contributed by atoms with E-state index in [1.807, 2.05) is 32.1 Å². The normalized spacial score (nSPS) is 10.0. The average molecular weight is 141 g/mol. The highest BCUT2D eigenvalue weighted by molar-refractivity contribution is 5.02. The summed E-state index contributed by atoms with van der Waals surface area (Å²) in [7, 11) is 0. The van der Waals surface area contributed by atoms with Gasteiger partial charge in [-0.05, 0) is 6.42 Å². The van der Waals surface area contributed by atoms with Crippen LogP contribution in [0.5, 0.6) is 0 Å². The van der Waals surface area contributed by atoms with Crippen LogP contribution in [0, 0.1) is 0 Å². The molecule has 0 saturated carbocycles. The molecule has 1 heteroatoms. The van der Waals surface area contributed by atoms with Gasteiger partial charge in [-0.2, -0.15) is 0 Å². The van der Waals surface area contributed by atoms with Crippen LogP contribution < -0.4 is 5.73 Å². The van der Waals surface area contributed by atoms with Gasteiger partial charge in [0, 0.05) is 6.54 Å². The zero-order valence-corrected chi connectivity index (χ0v) is 7.30. The second-order valence-electron chi connectivity index (χ2n) is 1.50. The van der Waals surface area contributed by atoms with Gasteiger partial charge in [0.15, 0.2) is 0 Å². The van der Waals surface area contributed by atoms with Crippen LogP contribution in [0.25, 0.3) is 0 Å². The summed E-state index contributed by atoms with van der Waals surface area (Å²) in [5.74, 6) is 0. The molecule has 60 valence electrons. The summed E-state index contributed by atoms with van der Waals surface area (Å²) in [5.41, 5.74) is 5.19. The molecule has 0 aromatic carbocycles. The van der Waals surface area contributed by atoms with Crippen LogP contribution >= 0.6 is 0 Å². The lowest BCUT2D eigenvalue weighted by atomic mass is 10.4. The maximum atomic E-state index is 5.19. The summed E-state index contributed by atoms with van der Waals surface area (Å²) in [6.45, 7) is 6.74. The number of rotatable bonds is 3. The highest BCUT2D eigenvalue weighted by atomic mass is 14.5. The first-order valence-electron chi connectivity index (χ1n) is 3.93. The van der Waals surface area contributed by atoms with Gasteiger partial charge in [0.2, 0.25) is 0 Å². The van der Waals surface area contributed by atoms with Crippen molar-refractivity contribution >= 4 is 0 Å². The zero-order chi connectivity index (χ0) is 8.24. The molecule has 0 fully saturated rings. The van der Waals surface area contributed by atoms with Gasteiger partial charge >= 0.3 is 0 Å². The van der Waals surface area contributed by atoms with Crippen LogP contribution in [0.2, 0.25) is 0 Å². The van der Waals surface area contributed by atoms with Crippen molar-refractivity contribution in [2.75, 3.05) is 6.54 Å². The summed E-state index contributed by atoms with van der Waals surface area (Å²) in [5, 5.41) is 0. The van der Waals surface area contributed by atoms with Crippen molar-refractivity contribution in [2.24, 2.45) is 5.73 Å². The Bertz CT molecular complexity index is 70.7. The minimum absolute atomic E-state index is 0.633. The molecular formula is C9H19N. The predicted octanol–water partition coefficient (Wildman–Crippen LogP) is 2.49. The molecule has 0 atom stereocenters.